The van der Waals surface area contributed by atoms with E-state index in [1.54, 1.807) is 7.11 Å². The Morgan fingerprint density at radius 3 is 3.00 bits per heavy atom. The Morgan fingerprint density at radius 1 is 1.38 bits per heavy atom. The minimum absolute atomic E-state index is 0.217. The zero-order valence-electron chi connectivity index (χ0n) is 12.3. The second kappa shape index (κ2) is 6.34. The van der Waals surface area contributed by atoms with E-state index in [4.69, 9.17) is 16.3 Å². The zero-order valence-corrected chi connectivity index (χ0v) is 13.1. The van der Waals surface area contributed by atoms with Crippen LogP contribution in [0.4, 0.5) is 0 Å². The molecule has 0 aromatic heterocycles. The molecule has 0 N–H and O–H groups in total. The molecule has 4 nitrogen and oxygen atoms in total. The number of halogens is 1. The zero-order chi connectivity index (χ0) is 14.8. The van der Waals surface area contributed by atoms with Gasteiger partial charge in [-0.3, -0.25) is 9.69 Å². The van der Waals surface area contributed by atoms with Crippen LogP contribution in [0.3, 0.4) is 0 Å². The molecule has 2 saturated heterocycles. The highest BCUT2D eigenvalue weighted by Crippen LogP contribution is 2.34. The summed E-state index contributed by atoms with van der Waals surface area (Å²) in [6.07, 6.45) is 0.490. The molecule has 0 aliphatic carbocycles. The van der Waals surface area contributed by atoms with Crippen molar-refractivity contribution >= 4 is 17.5 Å². The van der Waals surface area contributed by atoms with Gasteiger partial charge in [-0.25, -0.2) is 0 Å². The number of ether oxygens (including phenoxy) is 1. The van der Waals surface area contributed by atoms with Crippen LogP contribution in [0.1, 0.15) is 12.0 Å². The fourth-order valence-electron chi connectivity index (χ4n) is 3.35. The summed E-state index contributed by atoms with van der Waals surface area (Å²) in [6, 6.07) is 8.52. The van der Waals surface area contributed by atoms with Gasteiger partial charge in [-0.15, -0.1) is 0 Å². The summed E-state index contributed by atoms with van der Waals surface area (Å²) in [5.41, 5.74) is 1.24. The van der Waals surface area contributed by atoms with Gasteiger partial charge in [-0.05, 0) is 17.7 Å². The quantitative estimate of drug-likeness (QED) is 0.834. The maximum Gasteiger partial charge on any atom is 0.224 e. The molecule has 1 amide bonds. The number of methoxy groups -OCH3 is 1. The van der Waals surface area contributed by atoms with Crippen molar-refractivity contribution in [2.45, 2.75) is 19.0 Å². The summed E-state index contributed by atoms with van der Waals surface area (Å²) in [5.74, 6) is 0.852. The number of fused-ring (bicyclic) bond motifs is 1. The second-order valence-corrected chi connectivity index (χ2v) is 6.36. The van der Waals surface area contributed by atoms with E-state index in [-0.39, 0.29) is 5.91 Å². The molecule has 2 atom stereocenters. The van der Waals surface area contributed by atoms with Crippen LogP contribution in [0, 0.1) is 5.92 Å². The minimum Gasteiger partial charge on any atom is -0.384 e. The number of hydrogen-bond acceptors (Lipinski definition) is 3. The Balaban J connectivity index is 1.53. The maximum absolute atomic E-state index is 12.0. The SMILES string of the molecule is COCCC(=O)N1C[C@@H]2CN(Cc3cccc(Cl)c3)[C@@H]2C1. The fraction of sp³-hybridized carbons (Fsp3) is 0.562. The molecule has 21 heavy (non-hydrogen) atoms. The molecule has 1 aromatic rings. The molecule has 114 valence electrons. The molecule has 2 aliphatic rings. The number of carbonyl (C=O) groups excluding carboxylic acids is 1. The van der Waals surface area contributed by atoms with E-state index in [1.165, 1.54) is 5.56 Å². The number of nitrogens with zero attached hydrogens (tertiary/aromatic N) is 2. The van der Waals surface area contributed by atoms with Crippen LogP contribution in [0.25, 0.3) is 0 Å². The predicted octanol–water partition coefficient (Wildman–Crippen LogP) is 2.02. The monoisotopic (exact) mass is 308 g/mol. The summed E-state index contributed by atoms with van der Waals surface area (Å²) >= 11 is 6.03. The van der Waals surface area contributed by atoms with Crippen molar-refractivity contribution in [2.24, 2.45) is 5.92 Å². The third kappa shape index (κ3) is 3.23. The molecular weight excluding hydrogens is 288 g/mol. The van der Waals surface area contributed by atoms with E-state index in [0.717, 1.165) is 31.2 Å². The standard InChI is InChI=1S/C16H21ClN2O2/c1-21-6-5-16(20)19-10-13-9-18(15(13)11-19)8-12-3-2-4-14(17)7-12/h2-4,7,13,15H,5-6,8-11H2,1H3/t13-,15+/m0/s1. The third-order valence-corrected chi connectivity index (χ3v) is 4.73. The number of carbonyl (C=O) groups is 1. The van der Waals surface area contributed by atoms with Gasteiger partial charge in [0.25, 0.3) is 0 Å². The summed E-state index contributed by atoms with van der Waals surface area (Å²) in [6.45, 7) is 4.26. The molecule has 0 unspecified atom stereocenters. The largest absolute Gasteiger partial charge is 0.384 e. The van der Waals surface area contributed by atoms with Gasteiger partial charge in [0.15, 0.2) is 0 Å². The highest BCUT2D eigenvalue weighted by atomic mass is 35.5. The molecule has 3 rings (SSSR count). The Labute approximate surface area is 130 Å². The van der Waals surface area contributed by atoms with E-state index in [2.05, 4.69) is 11.0 Å². The minimum atomic E-state index is 0.217. The van der Waals surface area contributed by atoms with Crippen molar-refractivity contribution in [1.29, 1.82) is 0 Å². The first-order chi connectivity index (χ1) is 10.2. The number of rotatable bonds is 5. The maximum atomic E-state index is 12.0. The van der Waals surface area contributed by atoms with Crippen molar-refractivity contribution in [3.63, 3.8) is 0 Å². The van der Waals surface area contributed by atoms with Gasteiger partial charge in [0.1, 0.15) is 0 Å². The lowest BCUT2D eigenvalue weighted by atomic mass is 9.91. The summed E-state index contributed by atoms with van der Waals surface area (Å²) in [7, 11) is 1.63. The predicted molar refractivity (Wildman–Crippen MR) is 82.2 cm³/mol. The van der Waals surface area contributed by atoms with E-state index in [0.29, 0.717) is 25.0 Å². The van der Waals surface area contributed by atoms with Gasteiger partial charge in [0, 0.05) is 50.3 Å². The molecule has 0 spiro atoms. The molecular formula is C16H21ClN2O2. The number of likely N-dealkylation sites (tertiary alicyclic amines) is 2. The molecule has 2 fully saturated rings. The Morgan fingerprint density at radius 2 is 2.24 bits per heavy atom. The first-order valence-electron chi connectivity index (χ1n) is 7.42. The van der Waals surface area contributed by atoms with Gasteiger partial charge in [0.2, 0.25) is 5.91 Å². The van der Waals surface area contributed by atoms with Crippen LogP contribution in [0.15, 0.2) is 24.3 Å². The van der Waals surface area contributed by atoms with Crippen LogP contribution in [0.5, 0.6) is 0 Å². The molecule has 2 heterocycles. The molecule has 2 aliphatic heterocycles. The Bertz CT molecular complexity index is 523. The number of amides is 1. The molecule has 0 saturated carbocycles. The van der Waals surface area contributed by atoms with Gasteiger partial charge >= 0.3 is 0 Å². The first kappa shape index (κ1) is 14.8. The smallest absolute Gasteiger partial charge is 0.224 e. The summed E-state index contributed by atoms with van der Waals surface area (Å²) < 4.78 is 4.98. The highest BCUT2D eigenvalue weighted by molar-refractivity contribution is 6.30. The van der Waals surface area contributed by atoms with Crippen LogP contribution < -0.4 is 0 Å². The van der Waals surface area contributed by atoms with Crippen molar-refractivity contribution in [3.05, 3.63) is 34.9 Å². The molecule has 1 aromatic carbocycles. The van der Waals surface area contributed by atoms with E-state index < -0.39 is 0 Å². The van der Waals surface area contributed by atoms with E-state index in [9.17, 15) is 4.79 Å². The Hall–Kier alpha value is -1.10. The van der Waals surface area contributed by atoms with Gasteiger partial charge in [-0.2, -0.15) is 0 Å². The van der Waals surface area contributed by atoms with Gasteiger partial charge < -0.3 is 9.64 Å². The topological polar surface area (TPSA) is 32.8 Å². The molecule has 0 bridgehead atoms. The molecule has 5 heteroatoms. The van der Waals surface area contributed by atoms with Crippen molar-refractivity contribution in [1.82, 2.24) is 9.80 Å². The summed E-state index contributed by atoms with van der Waals surface area (Å²) in [4.78, 5) is 16.5. The highest BCUT2D eigenvalue weighted by Gasteiger charge is 2.46. The Kier molecular flexibility index (Phi) is 4.48. The lowest BCUT2D eigenvalue weighted by molar-refractivity contribution is -0.131. The van der Waals surface area contributed by atoms with Crippen LogP contribution in [-0.4, -0.2) is 55.1 Å². The normalized spacial score (nSPS) is 24.8. The van der Waals surface area contributed by atoms with Crippen molar-refractivity contribution in [2.75, 3.05) is 33.4 Å². The van der Waals surface area contributed by atoms with Crippen LogP contribution in [-0.2, 0) is 16.1 Å². The second-order valence-electron chi connectivity index (χ2n) is 5.93. The lowest BCUT2D eigenvalue weighted by Crippen LogP contribution is -2.54. The molecule has 0 radical (unpaired) electrons. The number of benzene rings is 1. The fourth-order valence-corrected chi connectivity index (χ4v) is 3.56. The van der Waals surface area contributed by atoms with Crippen molar-refractivity contribution in [3.8, 4) is 0 Å². The van der Waals surface area contributed by atoms with E-state index in [1.807, 2.05) is 23.1 Å². The van der Waals surface area contributed by atoms with Crippen LogP contribution in [0.2, 0.25) is 5.02 Å². The van der Waals surface area contributed by atoms with Gasteiger partial charge in [-0.1, -0.05) is 23.7 Å². The lowest BCUT2D eigenvalue weighted by Gasteiger charge is -2.43. The van der Waals surface area contributed by atoms with Gasteiger partial charge in [0.05, 0.1) is 13.0 Å². The van der Waals surface area contributed by atoms with Crippen molar-refractivity contribution < 1.29 is 9.53 Å². The van der Waals surface area contributed by atoms with E-state index >= 15 is 0 Å². The third-order valence-electron chi connectivity index (χ3n) is 4.49. The first-order valence-corrected chi connectivity index (χ1v) is 7.80. The summed E-state index contributed by atoms with van der Waals surface area (Å²) in [5, 5.41) is 0.785. The number of hydrogen-bond donors (Lipinski definition) is 0. The van der Waals surface area contributed by atoms with Crippen LogP contribution >= 0.6 is 11.6 Å². The average molecular weight is 309 g/mol. The average Bonchev–Trinajstić information content (AvgIpc) is 2.80.